The van der Waals surface area contributed by atoms with Gasteiger partial charge in [0.05, 0.1) is 0 Å². The van der Waals surface area contributed by atoms with Gasteiger partial charge >= 0.3 is 5.97 Å². The first-order chi connectivity index (χ1) is 9.06. The van der Waals surface area contributed by atoms with E-state index in [1.165, 1.54) is 12.3 Å². The third-order valence-corrected chi connectivity index (χ3v) is 2.81. The molecular formula is C14H18N2O3. The van der Waals surface area contributed by atoms with Gasteiger partial charge in [-0.15, -0.1) is 0 Å². The monoisotopic (exact) mass is 262 g/mol. The summed E-state index contributed by atoms with van der Waals surface area (Å²) in [6.45, 7) is 3.93. The van der Waals surface area contributed by atoms with Gasteiger partial charge in [0.25, 0.3) is 0 Å². The van der Waals surface area contributed by atoms with Crippen molar-refractivity contribution in [1.29, 1.82) is 0 Å². The number of nitrogens with zero attached hydrogens (tertiary/aromatic N) is 1. The molecule has 0 radical (unpaired) electrons. The second kappa shape index (κ2) is 7.31. The Hall–Kier alpha value is -2.17. The van der Waals surface area contributed by atoms with Gasteiger partial charge in [0.15, 0.2) is 0 Å². The first-order valence-corrected chi connectivity index (χ1v) is 6.24. The summed E-state index contributed by atoms with van der Waals surface area (Å²) in [5, 5.41) is 11.3. The second-order valence-electron chi connectivity index (χ2n) is 4.15. The summed E-state index contributed by atoms with van der Waals surface area (Å²) in [6.07, 6.45) is 5.59. The number of aliphatic carboxylic acids is 1. The number of hydrogen-bond donors (Lipinski definition) is 2. The molecule has 1 heterocycles. The summed E-state index contributed by atoms with van der Waals surface area (Å²) in [4.78, 5) is 26.4. The van der Waals surface area contributed by atoms with Crippen molar-refractivity contribution in [3.8, 4) is 0 Å². The number of amides is 1. The Morgan fingerprint density at radius 2 is 2.11 bits per heavy atom. The van der Waals surface area contributed by atoms with Crippen LogP contribution in [0.5, 0.6) is 0 Å². The van der Waals surface area contributed by atoms with Gasteiger partial charge in [-0.3, -0.25) is 4.79 Å². The molecule has 19 heavy (non-hydrogen) atoms. The zero-order valence-electron chi connectivity index (χ0n) is 11.1. The maximum absolute atomic E-state index is 11.9. The SMILES string of the molecule is CCC(CC)C(=O)Nc1cc(/C=C/C(=O)O)ccn1. The van der Waals surface area contributed by atoms with Crippen LogP contribution >= 0.6 is 0 Å². The maximum atomic E-state index is 11.9. The highest BCUT2D eigenvalue weighted by Gasteiger charge is 2.14. The Morgan fingerprint density at radius 1 is 1.42 bits per heavy atom. The molecule has 2 N–H and O–H groups in total. The summed E-state index contributed by atoms with van der Waals surface area (Å²) in [7, 11) is 0. The molecule has 0 fully saturated rings. The topological polar surface area (TPSA) is 79.3 Å². The molecule has 102 valence electrons. The van der Waals surface area contributed by atoms with Crippen LogP contribution in [0, 0.1) is 5.92 Å². The van der Waals surface area contributed by atoms with Crippen LogP contribution in [0.2, 0.25) is 0 Å². The fourth-order valence-corrected chi connectivity index (χ4v) is 1.67. The number of rotatable bonds is 6. The van der Waals surface area contributed by atoms with Gasteiger partial charge in [-0.1, -0.05) is 13.8 Å². The minimum Gasteiger partial charge on any atom is -0.478 e. The standard InChI is InChI=1S/C14H18N2O3/c1-3-11(4-2)14(19)16-12-9-10(7-8-15-12)5-6-13(17)18/h5-9,11H,3-4H2,1-2H3,(H,17,18)(H,15,16,19)/b6-5+. The van der Waals surface area contributed by atoms with Crippen LogP contribution in [0.3, 0.4) is 0 Å². The molecule has 0 aliphatic heterocycles. The molecule has 0 aromatic carbocycles. The van der Waals surface area contributed by atoms with Gasteiger partial charge in [0, 0.05) is 18.2 Å². The van der Waals surface area contributed by atoms with Gasteiger partial charge in [-0.25, -0.2) is 9.78 Å². The van der Waals surface area contributed by atoms with Crippen LogP contribution in [-0.4, -0.2) is 22.0 Å². The van der Waals surface area contributed by atoms with Crippen LogP contribution in [0.25, 0.3) is 6.08 Å². The molecule has 0 unspecified atom stereocenters. The van der Waals surface area contributed by atoms with Crippen molar-refractivity contribution in [2.75, 3.05) is 5.32 Å². The number of aromatic nitrogens is 1. The van der Waals surface area contributed by atoms with Crippen molar-refractivity contribution in [3.05, 3.63) is 30.0 Å². The van der Waals surface area contributed by atoms with E-state index in [-0.39, 0.29) is 11.8 Å². The van der Waals surface area contributed by atoms with Crippen LogP contribution in [0.4, 0.5) is 5.82 Å². The summed E-state index contributed by atoms with van der Waals surface area (Å²) in [5.41, 5.74) is 0.678. The highest BCUT2D eigenvalue weighted by atomic mass is 16.4. The number of hydrogen-bond acceptors (Lipinski definition) is 3. The first-order valence-electron chi connectivity index (χ1n) is 6.24. The second-order valence-corrected chi connectivity index (χ2v) is 4.15. The number of carbonyl (C=O) groups is 2. The van der Waals surface area contributed by atoms with E-state index in [1.54, 1.807) is 12.1 Å². The first kappa shape index (κ1) is 14.9. The Bertz CT molecular complexity index is 479. The number of pyridine rings is 1. The molecule has 0 spiro atoms. The average Bonchev–Trinajstić information content (AvgIpc) is 2.38. The Balaban J connectivity index is 2.77. The Morgan fingerprint density at radius 3 is 2.68 bits per heavy atom. The average molecular weight is 262 g/mol. The third-order valence-electron chi connectivity index (χ3n) is 2.81. The summed E-state index contributed by atoms with van der Waals surface area (Å²) in [5.74, 6) is -0.666. The van der Waals surface area contributed by atoms with Crippen LogP contribution in [-0.2, 0) is 9.59 Å². The van der Waals surface area contributed by atoms with E-state index in [0.29, 0.717) is 11.4 Å². The summed E-state index contributed by atoms with van der Waals surface area (Å²) >= 11 is 0. The molecule has 0 saturated carbocycles. The van der Waals surface area contributed by atoms with Gasteiger partial charge in [-0.05, 0) is 36.6 Å². The van der Waals surface area contributed by atoms with Gasteiger partial charge in [-0.2, -0.15) is 0 Å². The molecule has 1 aromatic heterocycles. The van der Waals surface area contributed by atoms with Gasteiger partial charge in [0.1, 0.15) is 5.82 Å². The zero-order valence-corrected chi connectivity index (χ0v) is 11.1. The lowest BCUT2D eigenvalue weighted by Crippen LogP contribution is -2.22. The summed E-state index contributed by atoms with van der Waals surface area (Å²) in [6, 6.07) is 3.31. The molecule has 0 aliphatic carbocycles. The maximum Gasteiger partial charge on any atom is 0.328 e. The van der Waals surface area contributed by atoms with E-state index in [4.69, 9.17) is 5.11 Å². The van der Waals surface area contributed by atoms with E-state index >= 15 is 0 Å². The van der Waals surface area contributed by atoms with Crippen molar-refractivity contribution in [1.82, 2.24) is 4.98 Å². The predicted octanol–water partition coefficient (Wildman–Crippen LogP) is 2.55. The van der Waals surface area contributed by atoms with Crippen LogP contribution in [0.1, 0.15) is 32.3 Å². The quantitative estimate of drug-likeness (QED) is 0.772. The predicted molar refractivity (Wildman–Crippen MR) is 73.6 cm³/mol. The van der Waals surface area contributed by atoms with E-state index in [0.717, 1.165) is 18.9 Å². The highest BCUT2D eigenvalue weighted by Crippen LogP contribution is 2.13. The van der Waals surface area contributed by atoms with E-state index in [1.807, 2.05) is 13.8 Å². The van der Waals surface area contributed by atoms with Gasteiger partial charge in [0.2, 0.25) is 5.91 Å². The largest absolute Gasteiger partial charge is 0.478 e. The molecule has 0 aliphatic rings. The van der Waals surface area contributed by atoms with Crippen molar-refractivity contribution < 1.29 is 14.7 Å². The lowest BCUT2D eigenvalue weighted by molar-refractivity contribution is -0.131. The number of nitrogens with one attached hydrogen (secondary N) is 1. The van der Waals surface area contributed by atoms with Crippen molar-refractivity contribution in [2.45, 2.75) is 26.7 Å². The molecule has 5 nitrogen and oxygen atoms in total. The van der Waals surface area contributed by atoms with Crippen molar-refractivity contribution in [3.63, 3.8) is 0 Å². The van der Waals surface area contributed by atoms with Crippen LogP contribution < -0.4 is 5.32 Å². The van der Waals surface area contributed by atoms with Crippen LogP contribution in [0.15, 0.2) is 24.4 Å². The Kier molecular flexibility index (Phi) is 5.73. The fourth-order valence-electron chi connectivity index (χ4n) is 1.67. The summed E-state index contributed by atoms with van der Waals surface area (Å²) < 4.78 is 0. The molecular weight excluding hydrogens is 244 g/mol. The molecule has 1 amide bonds. The van der Waals surface area contributed by atoms with Crippen molar-refractivity contribution >= 4 is 23.8 Å². The molecule has 0 bridgehead atoms. The van der Waals surface area contributed by atoms with Crippen molar-refractivity contribution in [2.24, 2.45) is 5.92 Å². The van der Waals surface area contributed by atoms with Gasteiger partial charge < -0.3 is 10.4 Å². The number of carboxylic acids is 1. The Labute approximate surface area is 112 Å². The normalized spacial score (nSPS) is 10.9. The van der Waals surface area contributed by atoms with E-state index < -0.39 is 5.97 Å². The molecule has 0 saturated heterocycles. The minimum absolute atomic E-state index is 0.0278. The van der Waals surface area contributed by atoms with E-state index in [2.05, 4.69) is 10.3 Å². The molecule has 5 heteroatoms. The third kappa shape index (κ3) is 4.91. The molecule has 1 aromatic rings. The lowest BCUT2D eigenvalue weighted by atomic mass is 10.0. The number of carboxylic acid groups (broad SMARTS) is 1. The minimum atomic E-state index is -1.01. The number of carbonyl (C=O) groups excluding carboxylic acids is 1. The fraction of sp³-hybridized carbons (Fsp3) is 0.357. The smallest absolute Gasteiger partial charge is 0.328 e. The molecule has 0 atom stereocenters. The lowest BCUT2D eigenvalue weighted by Gasteiger charge is -2.12. The number of anilines is 1. The molecule has 1 rings (SSSR count). The zero-order chi connectivity index (χ0) is 14.3. The highest BCUT2D eigenvalue weighted by molar-refractivity contribution is 5.92. The van der Waals surface area contributed by atoms with E-state index in [9.17, 15) is 9.59 Å².